The second-order valence-corrected chi connectivity index (χ2v) is 10.1. The standard InChI is InChI=1S/C25H22ClF3N2S/c26-21-13-20-23(11-17-3-6-19(28)12-24(17)32-25(20)14-22(21)29)31-9-7-30(8-10-31)15-16-1-4-18(27)5-2-16/h1-6,12-14,23H,7-11,15H2/p+2/t23-/m1/s1. The van der Waals surface area contributed by atoms with Crippen molar-refractivity contribution in [1.29, 1.82) is 0 Å². The van der Waals surface area contributed by atoms with E-state index in [4.69, 9.17) is 11.6 Å². The van der Waals surface area contributed by atoms with E-state index >= 15 is 0 Å². The van der Waals surface area contributed by atoms with E-state index in [1.165, 1.54) is 45.8 Å². The van der Waals surface area contributed by atoms with Crippen LogP contribution < -0.4 is 9.80 Å². The van der Waals surface area contributed by atoms with Crippen LogP contribution >= 0.6 is 23.4 Å². The zero-order chi connectivity index (χ0) is 22.2. The third-order valence-corrected chi connectivity index (χ3v) is 8.02. The number of rotatable bonds is 3. The first-order valence-corrected chi connectivity index (χ1v) is 12.0. The molecule has 0 saturated carbocycles. The SMILES string of the molecule is Fc1ccc(C[NH+]2CC[NH+]([C@@H]3Cc4ccc(F)cc4Sc4cc(F)c(Cl)cc43)CC2)cc1. The summed E-state index contributed by atoms with van der Waals surface area (Å²) in [6.45, 7) is 4.81. The fraction of sp³-hybridized carbons (Fsp3) is 0.280. The molecule has 1 fully saturated rings. The molecule has 3 aromatic rings. The van der Waals surface area contributed by atoms with Crippen molar-refractivity contribution in [3.63, 3.8) is 0 Å². The predicted octanol–water partition coefficient (Wildman–Crippen LogP) is 3.49. The van der Waals surface area contributed by atoms with Gasteiger partial charge in [0, 0.05) is 27.3 Å². The fourth-order valence-corrected chi connectivity index (χ4v) is 6.19. The van der Waals surface area contributed by atoms with Gasteiger partial charge >= 0.3 is 0 Å². The fourth-order valence-electron chi connectivity index (χ4n) is 4.85. The Morgan fingerprint density at radius 3 is 2.31 bits per heavy atom. The Balaban J connectivity index is 1.38. The minimum atomic E-state index is -0.444. The molecule has 3 aromatic carbocycles. The minimum Gasteiger partial charge on any atom is -0.322 e. The maximum absolute atomic E-state index is 14.3. The first-order valence-electron chi connectivity index (χ1n) is 10.8. The van der Waals surface area contributed by atoms with Crippen molar-refractivity contribution in [2.24, 2.45) is 0 Å². The van der Waals surface area contributed by atoms with Crippen LogP contribution in [0.5, 0.6) is 0 Å². The minimum absolute atomic E-state index is 0.131. The van der Waals surface area contributed by atoms with Gasteiger partial charge in [-0.1, -0.05) is 41.6 Å². The lowest BCUT2D eigenvalue weighted by atomic mass is 9.96. The van der Waals surface area contributed by atoms with Crippen LogP contribution in [0.1, 0.15) is 22.7 Å². The second-order valence-electron chi connectivity index (χ2n) is 8.63. The molecule has 0 bridgehead atoms. The van der Waals surface area contributed by atoms with Crippen LogP contribution in [0.15, 0.2) is 64.4 Å². The van der Waals surface area contributed by atoms with Gasteiger partial charge < -0.3 is 9.80 Å². The molecule has 0 amide bonds. The number of quaternary nitrogens is 2. The average Bonchev–Trinajstić information content (AvgIpc) is 2.92. The second kappa shape index (κ2) is 9.10. The average molecular weight is 477 g/mol. The van der Waals surface area contributed by atoms with Crippen LogP contribution in [0.25, 0.3) is 0 Å². The van der Waals surface area contributed by atoms with Gasteiger partial charge in [-0.05, 0) is 42.0 Å². The van der Waals surface area contributed by atoms with Gasteiger partial charge in [0.1, 0.15) is 56.2 Å². The van der Waals surface area contributed by atoms with Gasteiger partial charge in [0.2, 0.25) is 0 Å². The highest BCUT2D eigenvalue weighted by Crippen LogP contribution is 2.42. The van der Waals surface area contributed by atoms with E-state index in [0.29, 0.717) is 0 Å². The zero-order valence-corrected chi connectivity index (χ0v) is 19.0. The molecule has 7 heteroatoms. The molecular formula is C25H24ClF3N2S+2. The van der Waals surface area contributed by atoms with E-state index in [2.05, 4.69) is 0 Å². The van der Waals surface area contributed by atoms with Crippen LogP contribution in [0.3, 0.4) is 0 Å². The Morgan fingerprint density at radius 2 is 1.56 bits per heavy atom. The van der Waals surface area contributed by atoms with Crippen LogP contribution in [0.2, 0.25) is 5.02 Å². The molecule has 2 heterocycles. The third kappa shape index (κ3) is 4.55. The molecule has 0 unspecified atom stereocenters. The quantitative estimate of drug-likeness (QED) is 0.588. The third-order valence-electron chi connectivity index (χ3n) is 6.56. The van der Waals surface area contributed by atoms with Gasteiger partial charge in [0.25, 0.3) is 0 Å². The number of halogens is 4. The molecule has 0 aliphatic carbocycles. The maximum Gasteiger partial charge on any atom is 0.142 e. The number of hydrogen-bond acceptors (Lipinski definition) is 1. The van der Waals surface area contributed by atoms with Crippen LogP contribution in [-0.4, -0.2) is 26.2 Å². The molecule has 166 valence electrons. The summed E-state index contributed by atoms with van der Waals surface area (Å²) < 4.78 is 41.4. The summed E-state index contributed by atoms with van der Waals surface area (Å²) in [4.78, 5) is 4.57. The lowest BCUT2D eigenvalue weighted by molar-refractivity contribution is -1.03. The number of fused-ring (bicyclic) bond motifs is 2. The van der Waals surface area contributed by atoms with Gasteiger partial charge in [0.15, 0.2) is 0 Å². The number of nitrogens with one attached hydrogen (secondary N) is 2. The Morgan fingerprint density at radius 1 is 0.844 bits per heavy atom. The van der Waals surface area contributed by atoms with Gasteiger partial charge in [-0.3, -0.25) is 0 Å². The monoisotopic (exact) mass is 476 g/mol. The van der Waals surface area contributed by atoms with Crippen LogP contribution in [0.4, 0.5) is 13.2 Å². The Hall–Kier alpha value is -1.99. The molecule has 2 nitrogen and oxygen atoms in total. The molecule has 2 aliphatic rings. The lowest BCUT2D eigenvalue weighted by Crippen LogP contribution is -3.27. The summed E-state index contributed by atoms with van der Waals surface area (Å²) in [6, 6.07) is 15.0. The molecule has 32 heavy (non-hydrogen) atoms. The van der Waals surface area contributed by atoms with Gasteiger partial charge in [0.05, 0.1) is 5.02 Å². The maximum atomic E-state index is 14.3. The van der Waals surface area contributed by atoms with Crippen molar-refractivity contribution in [2.75, 3.05) is 26.2 Å². The van der Waals surface area contributed by atoms with Gasteiger partial charge in [-0.25, -0.2) is 13.2 Å². The van der Waals surface area contributed by atoms with Crippen molar-refractivity contribution < 1.29 is 23.0 Å². The first-order chi connectivity index (χ1) is 15.5. The first kappa shape index (κ1) is 21.8. The van der Waals surface area contributed by atoms with E-state index < -0.39 is 5.82 Å². The summed E-state index contributed by atoms with van der Waals surface area (Å²) in [5, 5.41) is 0.131. The van der Waals surface area contributed by atoms with E-state index in [1.807, 2.05) is 18.2 Å². The predicted molar refractivity (Wildman–Crippen MR) is 120 cm³/mol. The summed E-state index contributed by atoms with van der Waals surface area (Å²) in [7, 11) is 0. The normalized spacial score (nSPS) is 22.7. The smallest absolute Gasteiger partial charge is 0.142 e. The number of benzene rings is 3. The molecular weight excluding hydrogens is 453 g/mol. The Kier molecular flexibility index (Phi) is 6.21. The number of hydrogen-bond donors (Lipinski definition) is 2. The van der Waals surface area contributed by atoms with E-state index in [1.54, 1.807) is 12.1 Å². The van der Waals surface area contributed by atoms with E-state index in [-0.39, 0.29) is 22.7 Å². The zero-order valence-electron chi connectivity index (χ0n) is 17.4. The lowest BCUT2D eigenvalue weighted by Gasteiger charge is -2.35. The van der Waals surface area contributed by atoms with Crippen molar-refractivity contribution in [3.8, 4) is 0 Å². The number of piperazine rings is 1. The molecule has 2 aliphatic heterocycles. The van der Waals surface area contributed by atoms with Crippen molar-refractivity contribution in [3.05, 3.63) is 93.8 Å². The molecule has 2 N–H and O–H groups in total. The van der Waals surface area contributed by atoms with Gasteiger partial charge in [-0.2, -0.15) is 0 Å². The summed E-state index contributed by atoms with van der Waals surface area (Å²) in [5.74, 6) is -0.936. The molecule has 0 aromatic heterocycles. The molecule has 1 atom stereocenters. The van der Waals surface area contributed by atoms with Gasteiger partial charge in [-0.15, -0.1) is 0 Å². The van der Waals surface area contributed by atoms with Crippen LogP contribution in [0, 0.1) is 17.5 Å². The van der Waals surface area contributed by atoms with E-state index in [9.17, 15) is 13.2 Å². The van der Waals surface area contributed by atoms with Crippen LogP contribution in [-0.2, 0) is 13.0 Å². The molecule has 5 rings (SSSR count). The largest absolute Gasteiger partial charge is 0.322 e. The highest BCUT2D eigenvalue weighted by atomic mass is 35.5. The highest BCUT2D eigenvalue weighted by Gasteiger charge is 2.35. The van der Waals surface area contributed by atoms with Crippen molar-refractivity contribution >= 4 is 23.4 Å². The topological polar surface area (TPSA) is 8.88 Å². The Labute approximate surface area is 195 Å². The Bertz CT molecular complexity index is 1130. The van der Waals surface area contributed by atoms with E-state index in [0.717, 1.165) is 65.6 Å². The summed E-state index contributed by atoms with van der Waals surface area (Å²) >= 11 is 7.60. The molecule has 0 spiro atoms. The molecule has 0 radical (unpaired) electrons. The molecule has 1 saturated heterocycles. The van der Waals surface area contributed by atoms with Crippen molar-refractivity contribution in [1.82, 2.24) is 0 Å². The summed E-state index contributed by atoms with van der Waals surface area (Å²) in [5.41, 5.74) is 3.26. The highest BCUT2D eigenvalue weighted by molar-refractivity contribution is 7.99. The summed E-state index contributed by atoms with van der Waals surface area (Å²) in [6.07, 6.45) is 0.764. The van der Waals surface area contributed by atoms with Crippen molar-refractivity contribution in [2.45, 2.75) is 28.8 Å².